The molecular weight excluding hydrogens is 350 g/mol. The van der Waals surface area contributed by atoms with Crippen LogP contribution in [0.2, 0.25) is 0 Å². The summed E-state index contributed by atoms with van der Waals surface area (Å²) < 4.78 is 30.5. The molecule has 1 aromatic rings. The van der Waals surface area contributed by atoms with Gasteiger partial charge in [0.15, 0.2) is 9.84 Å². The Morgan fingerprint density at radius 2 is 1.73 bits per heavy atom. The van der Waals surface area contributed by atoms with Crippen LogP contribution in [0.15, 0.2) is 35.7 Å². The quantitative estimate of drug-likeness (QED) is 0.396. The number of ether oxygens (including phenoxy) is 1. The van der Waals surface area contributed by atoms with Crippen molar-refractivity contribution in [3.63, 3.8) is 0 Å². The summed E-state index contributed by atoms with van der Waals surface area (Å²) in [5, 5.41) is 2.61. The molecule has 0 atom stereocenters. The molecule has 0 saturated heterocycles. The van der Waals surface area contributed by atoms with Crippen LogP contribution in [0.5, 0.6) is 5.75 Å². The maximum atomic E-state index is 12.7. The number of sulfone groups is 1. The number of carbonyl (C=O) groups excluding carboxylic acids is 1. The van der Waals surface area contributed by atoms with E-state index in [1.54, 1.807) is 12.1 Å². The number of rotatable bonds is 13. The summed E-state index contributed by atoms with van der Waals surface area (Å²) >= 11 is 0. The molecule has 0 aliphatic carbocycles. The third-order valence-corrected chi connectivity index (χ3v) is 5.96. The zero-order valence-corrected chi connectivity index (χ0v) is 16.7. The molecule has 0 radical (unpaired) electrons. The van der Waals surface area contributed by atoms with Crippen LogP contribution < -0.4 is 10.1 Å². The first kappa shape index (κ1) is 22.2. The van der Waals surface area contributed by atoms with Gasteiger partial charge in [-0.3, -0.25) is 4.79 Å². The molecule has 1 amide bonds. The maximum absolute atomic E-state index is 12.7. The van der Waals surface area contributed by atoms with Crippen molar-refractivity contribution in [1.82, 2.24) is 0 Å². The fourth-order valence-electron chi connectivity index (χ4n) is 2.78. The molecule has 0 aromatic heterocycles. The fraction of sp³-hybridized carbons (Fsp3) is 0.550. The predicted octanol–water partition coefficient (Wildman–Crippen LogP) is 4.73. The Bertz CT molecular complexity index is 683. The Labute approximate surface area is 157 Å². The van der Waals surface area contributed by atoms with Crippen LogP contribution in [0.4, 0.5) is 5.69 Å². The minimum Gasteiger partial charge on any atom is -0.495 e. The first-order valence-electron chi connectivity index (χ1n) is 9.20. The third kappa shape index (κ3) is 8.04. The zero-order chi connectivity index (χ0) is 19.4. The van der Waals surface area contributed by atoms with E-state index in [-0.39, 0.29) is 16.6 Å². The number of benzene rings is 1. The van der Waals surface area contributed by atoms with Gasteiger partial charge in [0.2, 0.25) is 5.91 Å². The highest BCUT2D eigenvalue weighted by Crippen LogP contribution is 2.28. The Morgan fingerprint density at radius 3 is 2.31 bits per heavy atom. The van der Waals surface area contributed by atoms with E-state index >= 15 is 0 Å². The van der Waals surface area contributed by atoms with Crippen molar-refractivity contribution >= 4 is 21.4 Å². The molecule has 0 fully saturated rings. The standard InChI is InChI=1S/C20H31NO4S/c1-4-5-6-7-8-9-10-11-12-15-26(23,24)20-16-18(21-17(2)22)13-14-19(20)25-3/h4,13-14,16H,1,5-12,15H2,2-3H3,(H,21,22). The number of methoxy groups -OCH3 is 1. The van der Waals surface area contributed by atoms with E-state index in [0.717, 1.165) is 25.7 Å². The highest BCUT2D eigenvalue weighted by molar-refractivity contribution is 7.91. The lowest BCUT2D eigenvalue weighted by Gasteiger charge is -2.12. The van der Waals surface area contributed by atoms with Crippen molar-refractivity contribution in [2.45, 2.75) is 63.2 Å². The van der Waals surface area contributed by atoms with Crippen molar-refractivity contribution in [2.24, 2.45) is 0 Å². The average Bonchev–Trinajstić information content (AvgIpc) is 2.59. The normalized spacial score (nSPS) is 11.2. The summed E-state index contributed by atoms with van der Waals surface area (Å²) in [7, 11) is -2.01. The second-order valence-corrected chi connectivity index (χ2v) is 8.50. The van der Waals surface area contributed by atoms with Crippen molar-refractivity contribution in [3.8, 4) is 5.75 Å². The molecule has 1 aromatic carbocycles. The van der Waals surface area contributed by atoms with Crippen molar-refractivity contribution < 1.29 is 17.9 Å². The Kier molecular flexibility index (Phi) is 10.0. The van der Waals surface area contributed by atoms with E-state index < -0.39 is 9.84 Å². The fourth-order valence-corrected chi connectivity index (χ4v) is 4.34. The van der Waals surface area contributed by atoms with E-state index in [4.69, 9.17) is 4.74 Å². The number of amides is 1. The van der Waals surface area contributed by atoms with Gasteiger partial charge in [0, 0.05) is 12.6 Å². The molecule has 6 heteroatoms. The molecule has 0 unspecified atom stereocenters. The van der Waals surface area contributed by atoms with Crippen molar-refractivity contribution in [3.05, 3.63) is 30.9 Å². The summed E-state index contributed by atoms with van der Waals surface area (Å²) in [5.41, 5.74) is 0.455. The van der Waals surface area contributed by atoms with E-state index in [9.17, 15) is 13.2 Å². The van der Waals surface area contributed by atoms with Crippen LogP contribution in [0.1, 0.15) is 58.3 Å². The van der Waals surface area contributed by atoms with Crippen LogP contribution in [-0.2, 0) is 14.6 Å². The van der Waals surface area contributed by atoms with Crippen LogP contribution in [0.3, 0.4) is 0 Å². The number of carbonyl (C=O) groups is 1. The minimum atomic E-state index is -3.45. The zero-order valence-electron chi connectivity index (χ0n) is 15.9. The Balaban J connectivity index is 2.53. The van der Waals surface area contributed by atoms with E-state index in [0.29, 0.717) is 17.9 Å². The molecule has 0 saturated carbocycles. The second kappa shape index (κ2) is 11.7. The van der Waals surface area contributed by atoms with Gasteiger partial charge in [-0.1, -0.05) is 38.2 Å². The largest absolute Gasteiger partial charge is 0.495 e. The summed E-state index contributed by atoms with van der Waals surface area (Å²) in [6.45, 7) is 5.10. The number of unbranched alkanes of at least 4 members (excludes halogenated alkanes) is 7. The van der Waals surface area contributed by atoms with Gasteiger partial charge in [-0.15, -0.1) is 6.58 Å². The van der Waals surface area contributed by atoms with Crippen LogP contribution >= 0.6 is 0 Å². The van der Waals surface area contributed by atoms with E-state index in [1.165, 1.54) is 39.4 Å². The summed E-state index contributed by atoms with van der Waals surface area (Å²) in [5.74, 6) is 0.150. The molecule has 0 aliphatic rings. The minimum absolute atomic E-state index is 0.0867. The molecule has 146 valence electrons. The molecule has 0 bridgehead atoms. The molecule has 0 spiro atoms. The van der Waals surface area contributed by atoms with Gasteiger partial charge in [0.25, 0.3) is 0 Å². The van der Waals surface area contributed by atoms with Crippen molar-refractivity contribution in [1.29, 1.82) is 0 Å². The van der Waals surface area contributed by atoms with Gasteiger partial charge in [-0.05, 0) is 37.5 Å². The number of hydrogen-bond acceptors (Lipinski definition) is 4. The number of nitrogens with one attached hydrogen (secondary N) is 1. The first-order valence-corrected chi connectivity index (χ1v) is 10.8. The van der Waals surface area contributed by atoms with Gasteiger partial charge in [-0.2, -0.15) is 0 Å². The Morgan fingerprint density at radius 1 is 1.12 bits per heavy atom. The third-order valence-electron chi connectivity index (χ3n) is 4.14. The summed E-state index contributed by atoms with van der Waals surface area (Å²) in [6.07, 6.45) is 10.3. The topological polar surface area (TPSA) is 72.5 Å². The van der Waals surface area contributed by atoms with Gasteiger partial charge in [-0.25, -0.2) is 8.42 Å². The molecule has 0 heterocycles. The Hall–Kier alpha value is -1.82. The van der Waals surface area contributed by atoms with Gasteiger partial charge >= 0.3 is 0 Å². The predicted molar refractivity (Wildman–Crippen MR) is 106 cm³/mol. The molecular formula is C20H31NO4S. The lowest BCUT2D eigenvalue weighted by atomic mass is 10.1. The lowest BCUT2D eigenvalue weighted by molar-refractivity contribution is -0.114. The summed E-state index contributed by atoms with van der Waals surface area (Å²) in [6, 6.07) is 4.67. The number of allylic oxidation sites excluding steroid dienone is 1. The van der Waals surface area contributed by atoms with Gasteiger partial charge < -0.3 is 10.1 Å². The number of anilines is 1. The van der Waals surface area contributed by atoms with E-state index in [2.05, 4.69) is 11.9 Å². The molecule has 26 heavy (non-hydrogen) atoms. The van der Waals surface area contributed by atoms with Gasteiger partial charge in [0.1, 0.15) is 10.6 Å². The highest BCUT2D eigenvalue weighted by Gasteiger charge is 2.20. The molecule has 1 N–H and O–H groups in total. The average molecular weight is 382 g/mol. The smallest absolute Gasteiger partial charge is 0.221 e. The molecule has 0 aliphatic heterocycles. The monoisotopic (exact) mass is 381 g/mol. The maximum Gasteiger partial charge on any atom is 0.221 e. The number of hydrogen-bond donors (Lipinski definition) is 1. The molecule has 1 rings (SSSR count). The highest BCUT2D eigenvalue weighted by atomic mass is 32.2. The van der Waals surface area contributed by atoms with Crippen LogP contribution in [-0.4, -0.2) is 27.2 Å². The molecule has 5 nitrogen and oxygen atoms in total. The second-order valence-electron chi connectivity index (χ2n) is 6.42. The first-order chi connectivity index (χ1) is 12.4. The van der Waals surface area contributed by atoms with E-state index in [1.807, 2.05) is 6.08 Å². The van der Waals surface area contributed by atoms with Gasteiger partial charge in [0.05, 0.1) is 12.9 Å². The SMILES string of the molecule is C=CCCCCCCCCCS(=O)(=O)c1cc(NC(C)=O)ccc1OC. The van der Waals surface area contributed by atoms with Crippen LogP contribution in [0, 0.1) is 0 Å². The lowest BCUT2D eigenvalue weighted by Crippen LogP contribution is -2.11. The summed E-state index contributed by atoms with van der Waals surface area (Å²) in [4.78, 5) is 11.3. The van der Waals surface area contributed by atoms with Crippen LogP contribution in [0.25, 0.3) is 0 Å². The van der Waals surface area contributed by atoms with Crippen molar-refractivity contribution in [2.75, 3.05) is 18.2 Å².